The summed E-state index contributed by atoms with van der Waals surface area (Å²) < 4.78 is 28.1. The van der Waals surface area contributed by atoms with Gasteiger partial charge in [0, 0.05) is 6.42 Å². The molecule has 0 saturated heterocycles. The Labute approximate surface area is 214 Å². The molecule has 3 unspecified atom stereocenters. The molecule has 35 heavy (non-hydrogen) atoms. The van der Waals surface area contributed by atoms with Crippen LogP contribution in [0, 0.1) is 5.92 Å². The Balaban J connectivity index is 2.00. The van der Waals surface area contributed by atoms with Crippen LogP contribution in [-0.4, -0.2) is 55.3 Å². The van der Waals surface area contributed by atoms with Gasteiger partial charge < -0.3 is 9.63 Å². The lowest BCUT2D eigenvalue weighted by Gasteiger charge is -2.34. The van der Waals surface area contributed by atoms with Gasteiger partial charge in [-0.15, -0.1) is 0 Å². The van der Waals surface area contributed by atoms with Crippen LogP contribution < -0.4 is 0 Å². The first-order valence-corrected chi connectivity index (χ1v) is 15.6. The Morgan fingerprint density at radius 3 is 1.89 bits per heavy atom. The summed E-state index contributed by atoms with van der Waals surface area (Å²) in [5.74, 6) is -0.401. The van der Waals surface area contributed by atoms with E-state index in [9.17, 15) is 14.3 Å². The first-order chi connectivity index (χ1) is 16.8. The van der Waals surface area contributed by atoms with Gasteiger partial charge in [0.2, 0.25) is 0 Å². The fraction of sp³-hybridized carbons (Fsp3) is 0.889. The van der Waals surface area contributed by atoms with Crippen LogP contribution in [0.3, 0.4) is 0 Å². The molecule has 0 radical (unpaired) electrons. The summed E-state index contributed by atoms with van der Waals surface area (Å²) in [6, 6.07) is 0. The highest BCUT2D eigenvalue weighted by atomic mass is 31.2. The van der Waals surface area contributed by atoms with Crippen molar-refractivity contribution in [3.8, 4) is 0 Å². The van der Waals surface area contributed by atoms with Crippen molar-refractivity contribution in [2.75, 3.05) is 40.0 Å². The van der Waals surface area contributed by atoms with Crippen molar-refractivity contribution in [1.29, 1.82) is 0 Å². The topological polar surface area (TPSA) is 82.1 Å². The number of phosphoric acid groups is 1. The van der Waals surface area contributed by atoms with Crippen LogP contribution in [0.1, 0.15) is 110 Å². The third kappa shape index (κ3) is 16.6. The van der Waals surface area contributed by atoms with Crippen LogP contribution in [0.15, 0.2) is 12.3 Å². The molecule has 1 rings (SSSR count). The van der Waals surface area contributed by atoms with Crippen LogP contribution in [0.2, 0.25) is 0 Å². The maximum atomic E-state index is 12.1. The normalized spacial score (nSPS) is 21.7. The fourth-order valence-electron chi connectivity index (χ4n) is 4.43. The zero-order valence-electron chi connectivity index (χ0n) is 22.8. The molecule has 1 aliphatic heterocycles. The molecule has 0 aromatic rings. The fourth-order valence-corrected chi connectivity index (χ4v) is 5.17. The number of rotatable bonds is 22. The molecular formula is C27H53NO6P+. The Morgan fingerprint density at radius 2 is 1.40 bits per heavy atom. The molecule has 3 atom stereocenters. The second-order valence-corrected chi connectivity index (χ2v) is 11.6. The van der Waals surface area contributed by atoms with Gasteiger partial charge in [0.25, 0.3) is 0 Å². The summed E-state index contributed by atoms with van der Waals surface area (Å²) in [5, 5.41) is 0. The average molecular weight is 519 g/mol. The van der Waals surface area contributed by atoms with Gasteiger partial charge in [0.15, 0.2) is 0 Å². The molecule has 0 aromatic carbocycles. The minimum absolute atomic E-state index is 0.122. The van der Waals surface area contributed by atoms with Crippen molar-refractivity contribution in [3.63, 3.8) is 0 Å². The third-order valence-electron chi connectivity index (χ3n) is 6.83. The van der Waals surface area contributed by atoms with Crippen LogP contribution in [0.4, 0.5) is 0 Å². The van der Waals surface area contributed by atoms with Gasteiger partial charge in [-0.05, 0) is 19.4 Å². The van der Waals surface area contributed by atoms with Crippen LogP contribution in [0.25, 0.3) is 0 Å². The Hall–Kier alpha value is -0.720. The number of unbranched alkanes of at least 4 members (excludes halogenated alkanes) is 13. The quantitative estimate of drug-likeness (QED) is 0.0710. The molecule has 0 amide bonds. The second kappa shape index (κ2) is 19.4. The molecule has 1 aliphatic rings. The SMILES string of the molecule is CCCCCCCCCCCCCCCCOP(=O)(O)OCC[N+]1(C)C=CC(C(=O)OCC)CC1. The maximum absolute atomic E-state index is 12.1. The van der Waals surface area contributed by atoms with Gasteiger partial charge in [0.1, 0.15) is 13.2 Å². The lowest BCUT2D eigenvalue weighted by molar-refractivity contribution is -0.862. The molecule has 1 N–H and O–H groups in total. The predicted molar refractivity (Wildman–Crippen MR) is 142 cm³/mol. The van der Waals surface area contributed by atoms with E-state index in [1.807, 2.05) is 19.3 Å². The largest absolute Gasteiger partial charge is 0.472 e. The Kier molecular flexibility index (Phi) is 17.9. The van der Waals surface area contributed by atoms with Gasteiger partial charge in [-0.3, -0.25) is 18.3 Å². The number of hydrogen-bond donors (Lipinski definition) is 1. The zero-order chi connectivity index (χ0) is 25.8. The molecule has 0 spiro atoms. The van der Waals surface area contributed by atoms with Gasteiger partial charge >= 0.3 is 13.8 Å². The zero-order valence-corrected chi connectivity index (χ0v) is 23.7. The predicted octanol–water partition coefficient (Wildman–Crippen LogP) is 7.14. The highest BCUT2D eigenvalue weighted by molar-refractivity contribution is 7.47. The molecule has 0 aromatic heterocycles. The summed E-state index contributed by atoms with van der Waals surface area (Å²) in [6.45, 7) is 6.11. The van der Waals surface area contributed by atoms with Crippen molar-refractivity contribution in [2.24, 2.45) is 5.92 Å². The van der Waals surface area contributed by atoms with E-state index < -0.39 is 7.82 Å². The van der Waals surface area contributed by atoms with Crippen LogP contribution >= 0.6 is 7.82 Å². The summed E-state index contributed by atoms with van der Waals surface area (Å²) in [5.41, 5.74) is 0. The second-order valence-electron chi connectivity index (χ2n) is 10.1. The molecule has 206 valence electrons. The van der Waals surface area contributed by atoms with E-state index in [0.29, 0.717) is 24.1 Å². The van der Waals surface area contributed by atoms with Crippen molar-refractivity contribution >= 4 is 13.8 Å². The summed E-state index contributed by atoms with van der Waals surface area (Å²) in [7, 11) is -2.01. The van der Waals surface area contributed by atoms with Crippen molar-refractivity contribution in [2.45, 2.75) is 110 Å². The monoisotopic (exact) mass is 518 g/mol. The Morgan fingerprint density at radius 1 is 0.886 bits per heavy atom. The number of phosphoric ester groups is 1. The van der Waals surface area contributed by atoms with Gasteiger partial charge in [-0.25, -0.2) is 4.57 Å². The number of carbonyl (C=O) groups is 1. The molecule has 1 heterocycles. The molecule has 8 heteroatoms. The van der Waals surface area contributed by atoms with E-state index in [0.717, 1.165) is 25.8 Å². The molecule has 0 fully saturated rings. The van der Waals surface area contributed by atoms with Crippen molar-refractivity contribution in [1.82, 2.24) is 0 Å². The number of quaternary nitrogens is 1. The minimum atomic E-state index is -4.02. The van der Waals surface area contributed by atoms with Gasteiger partial charge in [-0.2, -0.15) is 0 Å². The van der Waals surface area contributed by atoms with E-state index in [4.69, 9.17) is 13.8 Å². The maximum Gasteiger partial charge on any atom is 0.472 e. The molecular weight excluding hydrogens is 465 g/mol. The minimum Gasteiger partial charge on any atom is -0.466 e. The smallest absolute Gasteiger partial charge is 0.466 e. The van der Waals surface area contributed by atoms with Crippen LogP contribution in [0.5, 0.6) is 0 Å². The van der Waals surface area contributed by atoms with Crippen molar-refractivity contribution in [3.05, 3.63) is 12.3 Å². The number of carbonyl (C=O) groups excluding carboxylic acids is 1. The number of ether oxygens (including phenoxy) is 1. The van der Waals surface area contributed by atoms with E-state index in [1.165, 1.54) is 70.6 Å². The lowest BCUT2D eigenvalue weighted by Crippen LogP contribution is -2.45. The first kappa shape index (κ1) is 32.3. The first-order valence-electron chi connectivity index (χ1n) is 14.1. The Bertz CT molecular complexity index is 629. The molecule has 0 aliphatic carbocycles. The van der Waals surface area contributed by atoms with E-state index in [2.05, 4.69) is 6.92 Å². The number of nitrogens with zero attached hydrogens (tertiary/aromatic N) is 1. The highest BCUT2D eigenvalue weighted by Gasteiger charge is 2.31. The number of esters is 1. The average Bonchev–Trinajstić information content (AvgIpc) is 2.82. The summed E-state index contributed by atoms with van der Waals surface area (Å²) >= 11 is 0. The van der Waals surface area contributed by atoms with E-state index >= 15 is 0 Å². The van der Waals surface area contributed by atoms with E-state index in [1.54, 1.807) is 6.92 Å². The third-order valence-corrected chi connectivity index (χ3v) is 7.85. The number of likely N-dealkylation sites (N-methyl/N-ethyl adjacent to an activating group) is 1. The summed E-state index contributed by atoms with van der Waals surface area (Å²) in [6.07, 6.45) is 22.3. The molecule has 0 bridgehead atoms. The molecule has 7 nitrogen and oxygen atoms in total. The van der Waals surface area contributed by atoms with Crippen molar-refractivity contribution < 1.29 is 32.5 Å². The van der Waals surface area contributed by atoms with E-state index in [-0.39, 0.29) is 25.1 Å². The standard InChI is InChI=1S/C27H52NO6P/c1-4-6-7-8-9-10-11-12-13-14-15-16-17-18-24-33-35(30,31)34-25-23-28(3)21-19-26(20-22-28)27(29)32-5-2/h19,21,26H,4-18,20,22-25H2,1-3H3/p+1. The van der Waals surface area contributed by atoms with Crippen LogP contribution in [-0.2, 0) is 23.1 Å². The van der Waals surface area contributed by atoms with Gasteiger partial charge in [-0.1, -0.05) is 90.4 Å². The number of hydrogen-bond acceptors (Lipinski definition) is 5. The lowest BCUT2D eigenvalue weighted by atomic mass is 10.0. The highest BCUT2D eigenvalue weighted by Crippen LogP contribution is 2.43. The van der Waals surface area contributed by atoms with Gasteiger partial charge in [0.05, 0.1) is 38.9 Å². The summed E-state index contributed by atoms with van der Waals surface area (Å²) in [4.78, 5) is 21.8. The molecule has 0 saturated carbocycles.